The van der Waals surface area contributed by atoms with Crippen molar-refractivity contribution in [3.05, 3.63) is 94.2 Å². The fraction of sp³-hybridized carbons (Fsp3) is 0.475. The topological polar surface area (TPSA) is 378 Å². The molecule has 0 spiro atoms. The number of aromatic hydroxyl groups is 4. The Morgan fingerprint density at radius 1 is 0.640 bits per heavy atom. The summed E-state index contributed by atoms with van der Waals surface area (Å²) >= 11 is 0. The van der Waals surface area contributed by atoms with Crippen LogP contribution in [-0.2, 0) is 65.1 Å². The van der Waals surface area contributed by atoms with Crippen LogP contribution in [0.3, 0.4) is 0 Å². The highest BCUT2D eigenvalue weighted by Crippen LogP contribution is 2.46. The maximum atomic E-state index is 13.8. The van der Waals surface area contributed by atoms with Gasteiger partial charge in [0, 0.05) is 87.1 Å². The van der Waals surface area contributed by atoms with E-state index in [0.29, 0.717) is 11.1 Å². The van der Waals surface area contributed by atoms with Crippen LogP contribution in [0, 0.1) is 23.7 Å². The molecule has 0 saturated carbocycles. The number of ether oxygens (including phenoxy) is 8. The first kappa shape index (κ1) is 70.1. The largest absolute Gasteiger partial charge is 0.509 e. The van der Waals surface area contributed by atoms with Crippen molar-refractivity contribution in [1.29, 1.82) is 0 Å². The van der Waals surface area contributed by atoms with Crippen molar-refractivity contribution in [1.82, 2.24) is 0 Å². The number of rotatable bonds is 12. The van der Waals surface area contributed by atoms with Crippen molar-refractivity contribution < 1.29 is 92.2 Å². The monoisotopic (exact) mass is 1200 g/mol. The second kappa shape index (κ2) is 33.4. The van der Waals surface area contributed by atoms with E-state index in [1.54, 1.807) is 52.8 Å². The van der Waals surface area contributed by atoms with Gasteiger partial charge in [0.15, 0.2) is 11.9 Å². The predicted octanol–water partition coefficient (Wildman–Crippen LogP) is 7.90. The molecule has 86 heavy (non-hydrogen) atoms. The SMILES string of the molecule is COC1CC(C)Cc2c(O)c(cc(O)c2N=CCOC(=O)OCC=Nc2c(O)cc3c(O)c2CC(C)CC(OC)C(O)C(C)C=C(C)C(OC(N)=O)C(OC)C=CC=C(C)C(=O)N3)NC(=O)C(C)=CC=CC(OC)C(OC(N)=O)C(C)C=C(C)C1=O. The van der Waals surface area contributed by atoms with Crippen molar-refractivity contribution in [2.75, 3.05) is 52.3 Å². The van der Waals surface area contributed by atoms with Gasteiger partial charge in [-0.2, -0.15) is 0 Å². The van der Waals surface area contributed by atoms with E-state index in [9.17, 15) is 54.3 Å². The van der Waals surface area contributed by atoms with Crippen molar-refractivity contribution in [2.45, 2.75) is 124 Å². The molecular formula is C61H82N6O19. The third-order valence-corrected chi connectivity index (χ3v) is 14.4. The quantitative estimate of drug-likeness (QED) is 0.0243. The van der Waals surface area contributed by atoms with E-state index >= 15 is 0 Å². The van der Waals surface area contributed by atoms with Crippen LogP contribution in [0.5, 0.6) is 23.0 Å². The molecule has 4 rings (SSSR count). The Bertz CT molecular complexity index is 3020. The summed E-state index contributed by atoms with van der Waals surface area (Å²) in [5.41, 5.74) is 11.5. The number of primary amides is 2. The fourth-order valence-electron chi connectivity index (χ4n) is 9.85. The van der Waals surface area contributed by atoms with Crippen molar-refractivity contribution >= 4 is 71.1 Å². The van der Waals surface area contributed by atoms with Gasteiger partial charge < -0.3 is 85.5 Å². The summed E-state index contributed by atoms with van der Waals surface area (Å²) < 4.78 is 43.8. The summed E-state index contributed by atoms with van der Waals surface area (Å²) in [4.78, 5) is 86.2. The number of amides is 4. The molecule has 4 bridgehead atoms. The molecule has 0 aromatic heterocycles. The molecule has 11 atom stereocenters. The van der Waals surface area contributed by atoms with E-state index in [1.165, 1.54) is 72.7 Å². The molecule has 11 N–H and O–H groups in total. The number of aliphatic hydroxyl groups excluding tert-OH is 1. The molecule has 0 aliphatic carbocycles. The van der Waals surface area contributed by atoms with E-state index in [4.69, 9.17) is 49.4 Å². The normalized spacial score (nSPS) is 25.3. The summed E-state index contributed by atoms with van der Waals surface area (Å²) in [6.07, 6.45) is 5.00. The van der Waals surface area contributed by atoms with Gasteiger partial charge in [-0.1, -0.05) is 76.3 Å². The van der Waals surface area contributed by atoms with E-state index in [1.807, 2.05) is 6.92 Å². The van der Waals surface area contributed by atoms with Gasteiger partial charge in [0.2, 0.25) is 0 Å². The van der Waals surface area contributed by atoms with Crippen LogP contribution >= 0.6 is 0 Å². The Morgan fingerprint density at radius 3 is 1.57 bits per heavy atom. The van der Waals surface area contributed by atoms with Gasteiger partial charge in [-0.3, -0.25) is 24.4 Å². The van der Waals surface area contributed by atoms with Gasteiger partial charge in [-0.25, -0.2) is 14.4 Å². The zero-order chi connectivity index (χ0) is 64.1. The molecule has 25 heteroatoms. The van der Waals surface area contributed by atoms with Crippen LogP contribution in [0.4, 0.5) is 37.1 Å². The number of phenolic OH excluding ortho intramolecular Hbond substituents is 4. The zero-order valence-corrected chi connectivity index (χ0v) is 50.5. The van der Waals surface area contributed by atoms with Gasteiger partial charge in [-0.15, -0.1) is 0 Å². The molecule has 0 radical (unpaired) electrons. The van der Waals surface area contributed by atoms with Gasteiger partial charge in [0.05, 0.1) is 23.6 Å². The number of nitrogens with two attached hydrogens (primary N) is 2. The molecule has 470 valence electrons. The lowest BCUT2D eigenvalue weighted by Gasteiger charge is -2.29. The lowest BCUT2D eigenvalue weighted by Crippen LogP contribution is -2.38. The molecule has 2 aromatic rings. The van der Waals surface area contributed by atoms with Gasteiger partial charge >= 0.3 is 18.3 Å². The Morgan fingerprint density at radius 2 is 1.12 bits per heavy atom. The molecule has 0 saturated heterocycles. The third-order valence-electron chi connectivity index (χ3n) is 14.4. The first-order chi connectivity index (χ1) is 40.6. The Hall–Kier alpha value is -8.36. The second-order valence-corrected chi connectivity index (χ2v) is 21.2. The van der Waals surface area contributed by atoms with Crippen LogP contribution in [-0.4, -0.2) is 158 Å². The Labute approximate surface area is 500 Å². The molecule has 0 fully saturated rings. The van der Waals surface area contributed by atoms with Crippen molar-refractivity contribution in [2.24, 2.45) is 45.1 Å². The number of nitrogens with zero attached hydrogens (tertiary/aromatic N) is 2. The van der Waals surface area contributed by atoms with Crippen LogP contribution in [0.15, 0.2) is 93.0 Å². The standard InChI is InChI=1S/C61H82N6O19/c1-31-23-39-49(43(68)29-41(53(39)72)66-57(74)33(3)15-13-17-45(79-9)55(85-59(62)76)37(7)27-35(5)51(70)47(25-31)81-11)64-19-21-83-61(78)84-22-20-65-50-40-24-32(2)26-48(82-12)52(71)36(6)28-38(8)56(86-60(63)77)46(80-10)18-14-16-34(4)58(75)67-42(54(40)73)30-44(50)69/h13-20,27-32,35,38,45-48,51,55-56,68-70,72-73H,21-26H2,1-12H3,(H2,62,76)(H2,63,77)(H,66,74)(H,67,75). The van der Waals surface area contributed by atoms with Crippen LogP contribution in [0.2, 0.25) is 0 Å². The number of Topliss-reactive ketones (excluding diaryl/α,β-unsaturated/α-hetero) is 1. The average molecular weight is 1200 g/mol. The van der Waals surface area contributed by atoms with Gasteiger partial charge in [-0.05, 0) is 76.4 Å². The third kappa shape index (κ3) is 19.9. The number of nitrogens with one attached hydrogen (secondary N) is 2. The number of aliphatic imine (C=N–C) groups is 2. The minimum Gasteiger partial charge on any atom is -0.506 e. The van der Waals surface area contributed by atoms with E-state index in [2.05, 4.69) is 20.6 Å². The predicted molar refractivity (Wildman–Crippen MR) is 320 cm³/mol. The molecule has 25 nitrogen and oxygen atoms in total. The molecular weight excluding hydrogens is 1120 g/mol. The number of allylic oxidation sites excluding steroid dienone is 4. The summed E-state index contributed by atoms with van der Waals surface area (Å²) in [6, 6.07) is 2.19. The first-order valence-corrected chi connectivity index (χ1v) is 27.6. The van der Waals surface area contributed by atoms with Crippen LogP contribution < -0.4 is 22.1 Å². The fourth-order valence-corrected chi connectivity index (χ4v) is 9.85. The van der Waals surface area contributed by atoms with E-state index in [0.717, 1.165) is 24.6 Å². The molecule has 2 aromatic carbocycles. The van der Waals surface area contributed by atoms with Gasteiger partial charge in [0.1, 0.15) is 72.0 Å². The zero-order valence-electron chi connectivity index (χ0n) is 50.5. The van der Waals surface area contributed by atoms with Gasteiger partial charge in [0.25, 0.3) is 11.8 Å². The number of anilines is 2. The van der Waals surface area contributed by atoms with E-state index < -0.39 is 127 Å². The number of hydrogen-bond acceptors (Lipinski definition) is 21. The molecule has 2 aliphatic rings. The van der Waals surface area contributed by atoms with Crippen molar-refractivity contribution in [3.63, 3.8) is 0 Å². The maximum absolute atomic E-state index is 13.8. The lowest BCUT2D eigenvalue weighted by molar-refractivity contribution is -0.126. The van der Waals surface area contributed by atoms with E-state index in [-0.39, 0.29) is 82.4 Å². The van der Waals surface area contributed by atoms with Crippen LogP contribution in [0.25, 0.3) is 0 Å². The number of hydrogen-bond donors (Lipinski definition) is 9. The van der Waals surface area contributed by atoms with Crippen LogP contribution in [0.1, 0.15) is 79.4 Å². The molecule has 2 aliphatic heterocycles. The minimum absolute atomic E-state index is 0.0195. The Kier molecular flexibility index (Phi) is 27.2. The summed E-state index contributed by atoms with van der Waals surface area (Å²) in [5.74, 6) is -5.50. The molecule has 2 heterocycles. The number of phenols is 4. The molecule has 11 unspecified atom stereocenters. The first-order valence-electron chi connectivity index (χ1n) is 27.6. The average Bonchev–Trinajstić information content (AvgIpc) is 1.19. The summed E-state index contributed by atoms with van der Waals surface area (Å²) in [5, 5.41) is 62.9. The molecule has 4 amide bonds. The smallest absolute Gasteiger partial charge is 0.506 e. The number of methoxy groups -OCH3 is 4. The minimum atomic E-state index is -1.19. The highest BCUT2D eigenvalue weighted by atomic mass is 16.7. The second-order valence-electron chi connectivity index (χ2n) is 21.2. The highest BCUT2D eigenvalue weighted by Gasteiger charge is 2.33. The number of fused-ring (bicyclic) bond motifs is 4. The highest BCUT2D eigenvalue weighted by molar-refractivity contribution is 6.06. The Balaban J connectivity index is 1.60. The number of carbonyl (C=O) groups is 6. The number of benzene rings is 2. The lowest BCUT2D eigenvalue weighted by atomic mass is 9.87. The number of carbonyl (C=O) groups excluding carboxylic acids is 6. The summed E-state index contributed by atoms with van der Waals surface area (Å²) in [7, 11) is 5.58. The number of aliphatic hydroxyl groups is 1. The number of ketones is 1. The summed E-state index contributed by atoms with van der Waals surface area (Å²) in [6.45, 7) is 12.3. The van der Waals surface area contributed by atoms with Crippen molar-refractivity contribution in [3.8, 4) is 23.0 Å². The maximum Gasteiger partial charge on any atom is 0.509 e.